The summed E-state index contributed by atoms with van der Waals surface area (Å²) >= 11 is 0. The quantitative estimate of drug-likeness (QED) is 0.350. The van der Waals surface area contributed by atoms with Gasteiger partial charge in [0.25, 0.3) is 0 Å². The smallest absolute Gasteiger partial charge is 0.324 e. The van der Waals surface area contributed by atoms with Crippen LogP contribution in [0.25, 0.3) is 0 Å². The molecule has 8 nitrogen and oxygen atoms in total. The van der Waals surface area contributed by atoms with E-state index in [0.29, 0.717) is 25.0 Å². The van der Waals surface area contributed by atoms with Gasteiger partial charge in [-0.2, -0.15) is 0 Å². The van der Waals surface area contributed by atoms with Gasteiger partial charge in [0.05, 0.1) is 6.54 Å². The molecule has 3 rings (SSSR count). The van der Waals surface area contributed by atoms with Crippen molar-refractivity contribution in [2.75, 3.05) is 39.8 Å². The van der Waals surface area contributed by atoms with E-state index in [1.165, 1.54) is 17.7 Å². The second kappa shape index (κ2) is 6.74. The molecule has 2 heterocycles. The Morgan fingerprint density at radius 3 is 2.74 bits per heavy atom. The monoisotopic (exact) mass is 322 g/mol. The SMILES string of the molecule is CN=C(NCCN1C(=O)CNC1=O)NC1CN(C2CC2)CC1C. The maximum atomic E-state index is 11.5. The zero-order valence-corrected chi connectivity index (χ0v) is 13.8. The summed E-state index contributed by atoms with van der Waals surface area (Å²) in [5.74, 6) is 1.14. The third-order valence-corrected chi connectivity index (χ3v) is 4.81. The molecule has 3 N–H and O–H groups in total. The van der Waals surface area contributed by atoms with Gasteiger partial charge in [-0.05, 0) is 18.8 Å². The fourth-order valence-electron chi connectivity index (χ4n) is 3.27. The number of carbonyl (C=O) groups excluding carboxylic acids is 2. The van der Waals surface area contributed by atoms with E-state index in [0.717, 1.165) is 25.1 Å². The second-order valence-electron chi connectivity index (χ2n) is 6.62. The van der Waals surface area contributed by atoms with Crippen LogP contribution in [0.1, 0.15) is 19.8 Å². The normalized spacial score (nSPS) is 29.1. The molecular formula is C15H26N6O2. The van der Waals surface area contributed by atoms with Gasteiger partial charge in [0, 0.05) is 45.3 Å². The first-order valence-corrected chi connectivity index (χ1v) is 8.38. The van der Waals surface area contributed by atoms with Gasteiger partial charge >= 0.3 is 6.03 Å². The molecule has 0 aromatic heterocycles. The van der Waals surface area contributed by atoms with Crippen LogP contribution in [-0.4, -0.2) is 79.6 Å². The summed E-state index contributed by atoms with van der Waals surface area (Å²) in [7, 11) is 1.74. The van der Waals surface area contributed by atoms with Gasteiger partial charge in [-0.1, -0.05) is 6.92 Å². The molecule has 0 aromatic rings. The van der Waals surface area contributed by atoms with Crippen LogP contribution >= 0.6 is 0 Å². The van der Waals surface area contributed by atoms with Crippen LogP contribution in [0.2, 0.25) is 0 Å². The first-order chi connectivity index (χ1) is 11.1. The van der Waals surface area contributed by atoms with E-state index in [9.17, 15) is 9.59 Å². The number of aliphatic imine (C=N–C) groups is 1. The van der Waals surface area contributed by atoms with Crippen molar-refractivity contribution in [3.63, 3.8) is 0 Å². The van der Waals surface area contributed by atoms with Gasteiger partial charge in [-0.25, -0.2) is 4.79 Å². The summed E-state index contributed by atoms with van der Waals surface area (Å²) in [6.45, 7) is 5.40. The Kier molecular flexibility index (Phi) is 4.70. The van der Waals surface area contributed by atoms with E-state index in [1.54, 1.807) is 7.05 Å². The Labute approximate surface area is 136 Å². The predicted molar refractivity (Wildman–Crippen MR) is 87.2 cm³/mol. The topological polar surface area (TPSA) is 89.1 Å². The number of hydrogen-bond donors (Lipinski definition) is 3. The predicted octanol–water partition coefficient (Wildman–Crippen LogP) is -0.814. The number of nitrogens with one attached hydrogen (secondary N) is 3. The van der Waals surface area contributed by atoms with Crippen molar-refractivity contribution in [3.05, 3.63) is 0 Å². The molecule has 3 aliphatic rings. The minimum Gasteiger partial charge on any atom is -0.355 e. The molecule has 2 atom stereocenters. The van der Waals surface area contributed by atoms with Crippen molar-refractivity contribution in [1.29, 1.82) is 0 Å². The van der Waals surface area contributed by atoms with Crippen LogP contribution in [0.3, 0.4) is 0 Å². The van der Waals surface area contributed by atoms with Crippen LogP contribution in [-0.2, 0) is 4.79 Å². The zero-order valence-electron chi connectivity index (χ0n) is 13.8. The first-order valence-electron chi connectivity index (χ1n) is 8.38. The van der Waals surface area contributed by atoms with Crippen molar-refractivity contribution in [2.24, 2.45) is 10.9 Å². The molecule has 23 heavy (non-hydrogen) atoms. The number of amides is 3. The van der Waals surface area contributed by atoms with Gasteiger partial charge < -0.3 is 16.0 Å². The molecule has 1 aliphatic carbocycles. The summed E-state index contributed by atoms with van der Waals surface area (Å²) < 4.78 is 0. The molecule has 8 heteroatoms. The fourth-order valence-corrected chi connectivity index (χ4v) is 3.27. The highest BCUT2D eigenvalue weighted by atomic mass is 16.2. The maximum absolute atomic E-state index is 11.5. The van der Waals surface area contributed by atoms with Crippen LogP contribution < -0.4 is 16.0 Å². The number of rotatable bonds is 5. The summed E-state index contributed by atoms with van der Waals surface area (Å²) in [5, 5.41) is 9.18. The Balaban J connectivity index is 1.43. The summed E-state index contributed by atoms with van der Waals surface area (Å²) in [6.07, 6.45) is 2.66. The lowest BCUT2D eigenvalue weighted by atomic mass is 10.1. The molecular weight excluding hydrogens is 296 g/mol. The number of likely N-dealkylation sites (tertiary alicyclic amines) is 1. The van der Waals surface area contributed by atoms with Gasteiger partial charge in [0.2, 0.25) is 5.91 Å². The van der Waals surface area contributed by atoms with Gasteiger partial charge in [-0.15, -0.1) is 0 Å². The van der Waals surface area contributed by atoms with Crippen molar-refractivity contribution in [3.8, 4) is 0 Å². The minimum atomic E-state index is -0.316. The van der Waals surface area contributed by atoms with E-state index in [4.69, 9.17) is 0 Å². The Morgan fingerprint density at radius 1 is 1.35 bits per heavy atom. The van der Waals surface area contributed by atoms with E-state index < -0.39 is 0 Å². The van der Waals surface area contributed by atoms with Crippen LogP contribution in [0.15, 0.2) is 4.99 Å². The molecule has 0 spiro atoms. The molecule has 0 radical (unpaired) electrons. The summed E-state index contributed by atoms with van der Waals surface area (Å²) in [5.41, 5.74) is 0. The number of guanidine groups is 1. The lowest BCUT2D eigenvalue weighted by molar-refractivity contribution is -0.124. The second-order valence-corrected chi connectivity index (χ2v) is 6.62. The lowest BCUT2D eigenvalue weighted by Gasteiger charge is -2.21. The van der Waals surface area contributed by atoms with Crippen LogP contribution in [0.5, 0.6) is 0 Å². The average molecular weight is 322 g/mol. The molecule has 2 unspecified atom stereocenters. The van der Waals surface area contributed by atoms with Crippen LogP contribution in [0.4, 0.5) is 4.79 Å². The van der Waals surface area contributed by atoms with E-state index in [-0.39, 0.29) is 18.5 Å². The third kappa shape index (κ3) is 3.74. The lowest BCUT2D eigenvalue weighted by Crippen LogP contribution is -2.48. The first kappa shape index (κ1) is 16.0. The van der Waals surface area contributed by atoms with Crippen LogP contribution in [0, 0.1) is 5.92 Å². The third-order valence-electron chi connectivity index (χ3n) is 4.81. The zero-order chi connectivity index (χ0) is 16.4. The molecule has 2 aliphatic heterocycles. The van der Waals surface area contributed by atoms with Crippen molar-refractivity contribution in [2.45, 2.75) is 31.8 Å². The number of imide groups is 1. The van der Waals surface area contributed by atoms with Crippen molar-refractivity contribution < 1.29 is 9.59 Å². The summed E-state index contributed by atoms with van der Waals surface area (Å²) in [4.78, 5) is 31.0. The number of carbonyl (C=O) groups is 2. The highest BCUT2D eigenvalue weighted by Gasteiger charge is 2.38. The van der Waals surface area contributed by atoms with Gasteiger partial charge in [0.15, 0.2) is 5.96 Å². The largest absolute Gasteiger partial charge is 0.355 e. The van der Waals surface area contributed by atoms with E-state index in [2.05, 4.69) is 32.8 Å². The summed E-state index contributed by atoms with van der Waals surface area (Å²) in [6, 6.07) is 0.863. The van der Waals surface area contributed by atoms with E-state index in [1.807, 2.05) is 0 Å². The molecule has 3 fully saturated rings. The molecule has 2 saturated heterocycles. The molecule has 3 amide bonds. The highest BCUT2D eigenvalue weighted by molar-refractivity contribution is 6.01. The maximum Gasteiger partial charge on any atom is 0.324 e. The standard InChI is InChI=1S/C15H26N6O2/c1-10-8-20(11-3-4-11)9-12(10)19-14(16-2)17-5-6-21-13(22)7-18-15(21)23/h10-12H,3-9H2,1-2H3,(H,18,23)(H2,16,17,19). The fraction of sp³-hybridized carbons (Fsp3) is 0.800. The molecule has 0 bridgehead atoms. The number of urea groups is 1. The number of hydrogen-bond acceptors (Lipinski definition) is 4. The number of nitrogens with zero attached hydrogens (tertiary/aromatic N) is 3. The van der Waals surface area contributed by atoms with Crippen molar-refractivity contribution >= 4 is 17.9 Å². The minimum absolute atomic E-state index is 0.0996. The molecule has 128 valence electrons. The van der Waals surface area contributed by atoms with Gasteiger partial charge in [-0.3, -0.25) is 19.6 Å². The Bertz CT molecular complexity index is 488. The van der Waals surface area contributed by atoms with Crippen molar-refractivity contribution in [1.82, 2.24) is 25.8 Å². The highest BCUT2D eigenvalue weighted by Crippen LogP contribution is 2.31. The Morgan fingerprint density at radius 2 is 2.13 bits per heavy atom. The molecule has 0 aromatic carbocycles. The Hall–Kier alpha value is -1.83. The average Bonchev–Trinajstić information content (AvgIpc) is 3.25. The van der Waals surface area contributed by atoms with Gasteiger partial charge in [0.1, 0.15) is 0 Å². The molecule has 1 saturated carbocycles. The van der Waals surface area contributed by atoms with E-state index >= 15 is 0 Å².